The van der Waals surface area contributed by atoms with E-state index >= 15 is 0 Å². The largest absolute Gasteiger partial charge is 0.484 e. The number of hydrogen-bond acceptors (Lipinski definition) is 3. The first-order chi connectivity index (χ1) is 8.86. The average Bonchev–Trinajstić information content (AvgIpc) is 2.35. The molecule has 2 N–H and O–H groups in total. The fraction of sp³-hybridized carbons (Fsp3) is 0.500. The maximum atomic E-state index is 13.2. The van der Waals surface area contributed by atoms with Crippen LogP contribution in [0.5, 0.6) is 5.75 Å². The number of aliphatic hydroxyl groups is 1. The lowest BCUT2D eigenvalue weighted by Gasteiger charge is -2.24. The van der Waals surface area contributed by atoms with Gasteiger partial charge in [0.25, 0.3) is 5.91 Å². The van der Waals surface area contributed by atoms with Crippen molar-refractivity contribution in [2.75, 3.05) is 6.61 Å². The van der Waals surface area contributed by atoms with E-state index in [1.807, 2.05) is 20.8 Å². The van der Waals surface area contributed by atoms with Crippen molar-refractivity contribution in [1.82, 2.24) is 5.32 Å². The molecule has 5 heteroatoms. The van der Waals surface area contributed by atoms with E-state index in [9.17, 15) is 9.18 Å². The van der Waals surface area contributed by atoms with Gasteiger partial charge in [-0.1, -0.05) is 6.92 Å². The zero-order valence-electron chi connectivity index (χ0n) is 11.5. The Bertz CT molecular complexity index is 446. The number of rotatable bonds is 6. The number of nitrogens with one attached hydrogen (secondary N) is 1. The van der Waals surface area contributed by atoms with E-state index in [0.717, 1.165) is 6.42 Å². The van der Waals surface area contributed by atoms with Crippen LogP contribution in [-0.2, 0) is 11.4 Å². The number of benzene rings is 1. The van der Waals surface area contributed by atoms with Crippen molar-refractivity contribution in [2.24, 2.45) is 0 Å². The molecule has 0 aliphatic carbocycles. The summed E-state index contributed by atoms with van der Waals surface area (Å²) in [7, 11) is 0. The molecule has 0 saturated carbocycles. The van der Waals surface area contributed by atoms with E-state index < -0.39 is 5.82 Å². The van der Waals surface area contributed by atoms with E-state index in [-0.39, 0.29) is 30.4 Å². The molecule has 0 aromatic heterocycles. The quantitative estimate of drug-likeness (QED) is 0.830. The molecule has 0 atom stereocenters. The molecule has 0 aliphatic rings. The Labute approximate surface area is 112 Å². The van der Waals surface area contributed by atoms with Gasteiger partial charge < -0.3 is 15.2 Å². The molecule has 0 saturated heterocycles. The van der Waals surface area contributed by atoms with E-state index in [1.165, 1.54) is 18.2 Å². The van der Waals surface area contributed by atoms with Crippen molar-refractivity contribution in [1.29, 1.82) is 0 Å². The molecule has 0 heterocycles. The van der Waals surface area contributed by atoms with Gasteiger partial charge in [0.1, 0.15) is 11.6 Å². The third-order valence-corrected chi connectivity index (χ3v) is 2.85. The second kappa shape index (κ2) is 6.52. The van der Waals surface area contributed by atoms with E-state index in [4.69, 9.17) is 9.84 Å². The van der Waals surface area contributed by atoms with Crippen LogP contribution in [0.25, 0.3) is 0 Å². The van der Waals surface area contributed by atoms with Gasteiger partial charge in [0, 0.05) is 11.6 Å². The topological polar surface area (TPSA) is 58.6 Å². The van der Waals surface area contributed by atoms with E-state index in [0.29, 0.717) is 5.56 Å². The molecule has 4 nitrogen and oxygen atoms in total. The zero-order valence-corrected chi connectivity index (χ0v) is 11.5. The highest BCUT2D eigenvalue weighted by molar-refractivity contribution is 5.78. The summed E-state index contributed by atoms with van der Waals surface area (Å²) in [6.07, 6.45) is 0.799. The second-order valence-corrected chi connectivity index (χ2v) is 5.03. The van der Waals surface area contributed by atoms with Crippen molar-refractivity contribution >= 4 is 5.91 Å². The lowest BCUT2D eigenvalue weighted by atomic mass is 10.0. The van der Waals surface area contributed by atoms with Crippen LogP contribution in [0.3, 0.4) is 0 Å². The molecule has 0 fully saturated rings. The fourth-order valence-corrected chi connectivity index (χ4v) is 1.45. The summed E-state index contributed by atoms with van der Waals surface area (Å²) in [5.74, 6) is -0.536. The molecule has 0 aliphatic heterocycles. The van der Waals surface area contributed by atoms with Crippen LogP contribution in [-0.4, -0.2) is 23.2 Å². The van der Waals surface area contributed by atoms with E-state index in [1.54, 1.807) is 0 Å². The highest BCUT2D eigenvalue weighted by Crippen LogP contribution is 2.16. The Hall–Kier alpha value is -1.62. The molecule has 0 bridgehead atoms. The summed E-state index contributed by atoms with van der Waals surface area (Å²) in [4.78, 5) is 11.7. The highest BCUT2D eigenvalue weighted by Gasteiger charge is 2.17. The third-order valence-electron chi connectivity index (χ3n) is 2.85. The Morgan fingerprint density at radius 3 is 2.68 bits per heavy atom. The van der Waals surface area contributed by atoms with E-state index in [2.05, 4.69) is 5.32 Å². The predicted octanol–water partition coefficient (Wildman–Crippen LogP) is 2.00. The lowest BCUT2D eigenvalue weighted by Crippen LogP contribution is -2.44. The van der Waals surface area contributed by atoms with Crippen LogP contribution in [0.2, 0.25) is 0 Å². The van der Waals surface area contributed by atoms with Gasteiger partial charge in [0.05, 0.1) is 6.61 Å². The van der Waals surface area contributed by atoms with Gasteiger partial charge in [-0.2, -0.15) is 0 Å². The summed E-state index contributed by atoms with van der Waals surface area (Å²) in [6.45, 7) is 5.34. The molecule has 1 amide bonds. The Morgan fingerprint density at radius 1 is 1.42 bits per heavy atom. The first-order valence-corrected chi connectivity index (χ1v) is 6.20. The highest BCUT2D eigenvalue weighted by atomic mass is 19.1. The summed E-state index contributed by atoms with van der Waals surface area (Å²) >= 11 is 0. The molecule has 19 heavy (non-hydrogen) atoms. The molecule has 0 radical (unpaired) electrons. The Kier molecular flexibility index (Phi) is 5.30. The minimum Gasteiger partial charge on any atom is -0.484 e. The summed E-state index contributed by atoms with van der Waals surface area (Å²) in [5, 5.41) is 11.8. The maximum Gasteiger partial charge on any atom is 0.258 e. The van der Waals surface area contributed by atoms with Crippen molar-refractivity contribution in [2.45, 2.75) is 39.3 Å². The minimum absolute atomic E-state index is 0.183. The summed E-state index contributed by atoms with van der Waals surface area (Å²) < 4.78 is 18.4. The van der Waals surface area contributed by atoms with Gasteiger partial charge in [-0.05, 0) is 38.0 Å². The first kappa shape index (κ1) is 15.4. The molecule has 1 aromatic carbocycles. The molecular weight excluding hydrogens is 249 g/mol. The molecule has 106 valence electrons. The van der Waals surface area contributed by atoms with Crippen LogP contribution >= 0.6 is 0 Å². The van der Waals surface area contributed by atoms with Gasteiger partial charge in [0.2, 0.25) is 0 Å². The van der Waals surface area contributed by atoms with Gasteiger partial charge in [0.15, 0.2) is 6.61 Å². The van der Waals surface area contributed by atoms with Gasteiger partial charge >= 0.3 is 0 Å². The Morgan fingerprint density at radius 2 is 2.11 bits per heavy atom. The standard InChI is InChI=1S/C14H20FNO3/c1-4-14(2,3)16-13(18)9-19-12-6-10(8-17)5-11(15)7-12/h5-7,17H,4,8-9H2,1-3H3,(H,16,18). The second-order valence-electron chi connectivity index (χ2n) is 5.03. The number of halogens is 1. The molecule has 0 spiro atoms. The van der Waals surface area contributed by atoms with Crippen molar-refractivity contribution in [3.63, 3.8) is 0 Å². The van der Waals surface area contributed by atoms with Crippen LogP contribution in [0.1, 0.15) is 32.8 Å². The monoisotopic (exact) mass is 269 g/mol. The van der Waals surface area contributed by atoms with Crippen molar-refractivity contribution in [3.8, 4) is 5.75 Å². The van der Waals surface area contributed by atoms with Crippen molar-refractivity contribution in [3.05, 3.63) is 29.6 Å². The Balaban J connectivity index is 2.57. The molecule has 1 rings (SSSR count). The zero-order chi connectivity index (χ0) is 14.5. The van der Waals surface area contributed by atoms with Crippen LogP contribution in [0, 0.1) is 5.82 Å². The SMILES string of the molecule is CCC(C)(C)NC(=O)COc1cc(F)cc(CO)c1. The predicted molar refractivity (Wildman–Crippen MR) is 70.3 cm³/mol. The smallest absolute Gasteiger partial charge is 0.258 e. The summed E-state index contributed by atoms with van der Waals surface area (Å²) in [5.41, 5.74) is 0.114. The van der Waals surface area contributed by atoms with Crippen LogP contribution in [0.15, 0.2) is 18.2 Å². The number of ether oxygens (including phenoxy) is 1. The van der Waals surface area contributed by atoms with Gasteiger partial charge in [-0.25, -0.2) is 4.39 Å². The average molecular weight is 269 g/mol. The number of carbonyl (C=O) groups excluding carboxylic acids is 1. The molecular formula is C14H20FNO3. The maximum absolute atomic E-state index is 13.2. The number of amides is 1. The minimum atomic E-state index is -0.504. The number of hydrogen-bond donors (Lipinski definition) is 2. The third kappa shape index (κ3) is 5.26. The molecule has 1 aromatic rings. The van der Waals surface area contributed by atoms with Crippen LogP contribution in [0.4, 0.5) is 4.39 Å². The van der Waals surface area contributed by atoms with Gasteiger partial charge in [-0.3, -0.25) is 4.79 Å². The number of carbonyl (C=O) groups is 1. The van der Waals surface area contributed by atoms with Gasteiger partial charge in [-0.15, -0.1) is 0 Å². The fourth-order valence-electron chi connectivity index (χ4n) is 1.45. The first-order valence-electron chi connectivity index (χ1n) is 6.20. The van der Waals surface area contributed by atoms with Crippen LogP contribution < -0.4 is 10.1 Å². The number of aliphatic hydroxyl groups excluding tert-OH is 1. The normalized spacial score (nSPS) is 11.2. The summed E-state index contributed by atoms with van der Waals surface area (Å²) in [6, 6.07) is 3.89. The molecule has 0 unspecified atom stereocenters. The lowest BCUT2D eigenvalue weighted by molar-refractivity contribution is -0.124. The van der Waals surface area contributed by atoms with Crippen molar-refractivity contribution < 1.29 is 19.0 Å².